The molecule has 162 valence electrons. The molecule has 0 atom stereocenters. The van der Waals surface area contributed by atoms with E-state index in [-0.39, 0.29) is 5.75 Å². The number of aliphatic imine (C=N–C) groups is 1. The van der Waals surface area contributed by atoms with E-state index in [4.69, 9.17) is 5.41 Å². The third kappa shape index (κ3) is 4.18. The van der Waals surface area contributed by atoms with Gasteiger partial charge in [-0.25, -0.2) is 4.98 Å². The number of amidine groups is 2. The average Bonchev–Trinajstić information content (AvgIpc) is 3.18. The fraction of sp³-hybridized carbons (Fsp3) is 0.333. The highest BCUT2D eigenvalue weighted by Gasteiger charge is 2.25. The Bertz CT molecular complexity index is 1130. The molecule has 1 fully saturated rings. The third-order valence-corrected chi connectivity index (χ3v) is 5.25. The number of aromatic nitrogens is 3. The lowest BCUT2D eigenvalue weighted by Crippen LogP contribution is -2.52. The Labute approximate surface area is 178 Å². The molecule has 31 heavy (non-hydrogen) atoms. The first-order valence-electron chi connectivity index (χ1n) is 9.95. The molecule has 8 nitrogen and oxygen atoms in total. The quantitative estimate of drug-likeness (QED) is 0.478. The van der Waals surface area contributed by atoms with E-state index in [0.717, 1.165) is 29.2 Å². The Hall–Kier alpha value is -3.56. The van der Waals surface area contributed by atoms with Crippen LogP contribution in [0, 0.1) is 5.41 Å². The molecule has 4 rings (SSSR count). The molecule has 2 aromatic heterocycles. The minimum atomic E-state index is -2.89. The maximum absolute atomic E-state index is 12.6. The summed E-state index contributed by atoms with van der Waals surface area (Å²) in [5, 5.41) is 16.4. The number of piperazine rings is 1. The van der Waals surface area contributed by atoms with Crippen molar-refractivity contribution in [3.05, 3.63) is 36.5 Å². The number of ether oxygens (including phenoxy) is 1. The zero-order chi connectivity index (χ0) is 22.0. The van der Waals surface area contributed by atoms with Crippen LogP contribution in [0.25, 0.3) is 22.2 Å². The number of benzene rings is 1. The van der Waals surface area contributed by atoms with E-state index in [1.54, 1.807) is 25.4 Å². The van der Waals surface area contributed by atoms with Gasteiger partial charge in [0.25, 0.3) is 0 Å². The number of hydrogen-bond donors (Lipinski definition) is 2. The summed E-state index contributed by atoms with van der Waals surface area (Å²) in [5.74, 6) is 2.17. The second-order valence-corrected chi connectivity index (χ2v) is 7.07. The number of rotatable bonds is 5. The van der Waals surface area contributed by atoms with E-state index in [0.29, 0.717) is 36.6 Å². The number of hydrogen-bond acceptors (Lipinski definition) is 6. The van der Waals surface area contributed by atoms with Crippen LogP contribution in [0.5, 0.6) is 5.75 Å². The zero-order valence-corrected chi connectivity index (χ0v) is 17.3. The maximum Gasteiger partial charge on any atom is 0.387 e. The van der Waals surface area contributed by atoms with Crippen LogP contribution in [-0.2, 0) is 0 Å². The maximum atomic E-state index is 12.6. The van der Waals surface area contributed by atoms with Gasteiger partial charge in [0.1, 0.15) is 28.9 Å². The van der Waals surface area contributed by atoms with Crippen LogP contribution in [0.2, 0.25) is 0 Å². The van der Waals surface area contributed by atoms with Crippen LogP contribution >= 0.6 is 0 Å². The molecule has 1 saturated heterocycles. The van der Waals surface area contributed by atoms with Gasteiger partial charge < -0.3 is 14.5 Å². The van der Waals surface area contributed by atoms with E-state index < -0.39 is 6.61 Å². The second kappa shape index (κ2) is 8.66. The Kier molecular flexibility index (Phi) is 5.79. The number of nitrogens with one attached hydrogen (secondary N) is 2. The highest BCUT2D eigenvalue weighted by Crippen LogP contribution is 2.31. The molecule has 0 amide bonds. The first-order valence-corrected chi connectivity index (χ1v) is 9.95. The van der Waals surface area contributed by atoms with Gasteiger partial charge in [-0.05, 0) is 30.3 Å². The summed E-state index contributed by atoms with van der Waals surface area (Å²) in [4.78, 5) is 12.7. The van der Waals surface area contributed by atoms with E-state index in [2.05, 4.69) is 24.9 Å². The normalized spacial score (nSPS) is 15.3. The molecule has 0 radical (unpaired) electrons. The number of fused-ring (bicyclic) bond motifs is 1. The van der Waals surface area contributed by atoms with E-state index in [1.165, 1.54) is 6.07 Å². The fourth-order valence-corrected chi connectivity index (χ4v) is 3.78. The first kappa shape index (κ1) is 20.7. The molecule has 0 unspecified atom stereocenters. The highest BCUT2D eigenvalue weighted by atomic mass is 19.3. The largest absolute Gasteiger partial charge is 0.435 e. The van der Waals surface area contributed by atoms with E-state index in [1.807, 2.05) is 28.9 Å². The number of aromatic amines is 1. The second-order valence-electron chi connectivity index (χ2n) is 7.07. The molecule has 0 bridgehead atoms. The lowest BCUT2D eigenvalue weighted by atomic mass is 10.1. The SMILES string of the molecule is CC/C(=N/C)N1CCN(c2cc(-c3n[nH]c4ccc(OC(F)F)cc34)ccn2)CC1=N. The predicted octanol–water partition coefficient (Wildman–Crippen LogP) is 3.76. The fourth-order valence-electron chi connectivity index (χ4n) is 3.78. The zero-order valence-electron chi connectivity index (χ0n) is 17.3. The van der Waals surface area contributed by atoms with Gasteiger partial charge in [0.2, 0.25) is 0 Å². The van der Waals surface area contributed by atoms with Crippen LogP contribution in [0.15, 0.2) is 41.5 Å². The van der Waals surface area contributed by atoms with Gasteiger partial charge in [-0.15, -0.1) is 0 Å². The Morgan fingerprint density at radius 1 is 1.29 bits per heavy atom. The van der Waals surface area contributed by atoms with Crippen LogP contribution in [0.1, 0.15) is 13.3 Å². The van der Waals surface area contributed by atoms with Crippen LogP contribution in [0.3, 0.4) is 0 Å². The average molecular weight is 427 g/mol. The molecular weight excluding hydrogens is 404 g/mol. The molecular formula is C21H23F2N7O. The summed E-state index contributed by atoms with van der Waals surface area (Å²) < 4.78 is 29.7. The summed E-state index contributed by atoms with van der Waals surface area (Å²) in [6, 6.07) is 8.40. The highest BCUT2D eigenvalue weighted by molar-refractivity contribution is 6.02. The molecule has 1 aliphatic rings. The summed E-state index contributed by atoms with van der Waals surface area (Å²) >= 11 is 0. The van der Waals surface area contributed by atoms with Crippen molar-refractivity contribution in [1.29, 1.82) is 5.41 Å². The molecule has 3 aromatic rings. The van der Waals surface area contributed by atoms with Crippen molar-refractivity contribution >= 4 is 28.4 Å². The topological polar surface area (TPSA) is 93.5 Å². The standard InChI is InChI=1S/C21H23F2N7O/c1-3-18(25-2)30-9-8-29(12-17(30)24)19-10-13(6-7-26-19)20-15-11-14(31-21(22)23)4-5-16(15)27-28-20/h4-7,10-11,21,24H,3,8-9,12H2,1-2H3,(H,27,28)/b24-17?,25-18-. The summed E-state index contributed by atoms with van der Waals surface area (Å²) in [6.45, 7) is 0.916. The van der Waals surface area contributed by atoms with Crippen LogP contribution in [-0.4, -0.2) is 65.0 Å². The monoisotopic (exact) mass is 427 g/mol. The number of nitrogens with zero attached hydrogens (tertiary/aromatic N) is 5. The lowest BCUT2D eigenvalue weighted by Gasteiger charge is -2.37. The smallest absolute Gasteiger partial charge is 0.387 e. The molecule has 1 aromatic carbocycles. The minimum Gasteiger partial charge on any atom is -0.435 e. The van der Waals surface area contributed by atoms with Gasteiger partial charge in [0.15, 0.2) is 0 Å². The predicted molar refractivity (Wildman–Crippen MR) is 116 cm³/mol. The van der Waals surface area contributed by atoms with E-state index in [9.17, 15) is 8.78 Å². The number of anilines is 1. The molecule has 1 aliphatic heterocycles. The number of alkyl halides is 2. The van der Waals surface area contributed by atoms with Gasteiger partial charge in [0, 0.05) is 43.7 Å². The Balaban J connectivity index is 1.60. The molecule has 0 spiro atoms. The molecule has 2 N–H and O–H groups in total. The first-order chi connectivity index (χ1) is 15.0. The van der Waals surface area contributed by atoms with Gasteiger partial charge in [-0.2, -0.15) is 13.9 Å². The summed E-state index contributed by atoms with van der Waals surface area (Å²) in [5.41, 5.74) is 2.14. The van der Waals surface area contributed by atoms with E-state index >= 15 is 0 Å². The summed E-state index contributed by atoms with van der Waals surface area (Å²) in [7, 11) is 1.75. The Morgan fingerprint density at radius 2 is 2.13 bits per heavy atom. The van der Waals surface area contributed by atoms with Crippen molar-refractivity contribution in [2.75, 3.05) is 31.6 Å². The molecule has 10 heteroatoms. The van der Waals surface area contributed by atoms with Crippen molar-refractivity contribution in [2.45, 2.75) is 20.0 Å². The number of halogens is 2. The van der Waals surface area contributed by atoms with Gasteiger partial charge in [-0.3, -0.25) is 15.5 Å². The summed E-state index contributed by atoms with van der Waals surface area (Å²) in [6.07, 6.45) is 2.46. The van der Waals surface area contributed by atoms with Gasteiger partial charge >= 0.3 is 6.61 Å². The van der Waals surface area contributed by atoms with Crippen LogP contribution in [0.4, 0.5) is 14.6 Å². The van der Waals surface area contributed by atoms with Gasteiger partial charge in [0.05, 0.1) is 12.1 Å². The van der Waals surface area contributed by atoms with Crippen molar-refractivity contribution < 1.29 is 13.5 Å². The van der Waals surface area contributed by atoms with Crippen molar-refractivity contribution in [3.63, 3.8) is 0 Å². The number of H-pyrrole nitrogens is 1. The van der Waals surface area contributed by atoms with Crippen molar-refractivity contribution in [1.82, 2.24) is 20.1 Å². The van der Waals surface area contributed by atoms with Gasteiger partial charge in [-0.1, -0.05) is 6.92 Å². The van der Waals surface area contributed by atoms with Crippen molar-refractivity contribution in [2.24, 2.45) is 4.99 Å². The minimum absolute atomic E-state index is 0.0771. The third-order valence-electron chi connectivity index (χ3n) is 5.25. The lowest BCUT2D eigenvalue weighted by molar-refractivity contribution is -0.0497. The number of pyridine rings is 1. The molecule has 3 heterocycles. The van der Waals surface area contributed by atoms with Crippen LogP contribution < -0.4 is 9.64 Å². The Morgan fingerprint density at radius 3 is 2.84 bits per heavy atom. The molecule has 0 aliphatic carbocycles. The van der Waals surface area contributed by atoms with Crippen molar-refractivity contribution in [3.8, 4) is 17.0 Å². The molecule has 0 saturated carbocycles.